The summed E-state index contributed by atoms with van der Waals surface area (Å²) in [6.45, 7) is 0.621. The quantitative estimate of drug-likeness (QED) is 0.739. The Labute approximate surface area is 175 Å². The maximum Gasteiger partial charge on any atom is 0.241 e. The number of sulfonamides is 1. The summed E-state index contributed by atoms with van der Waals surface area (Å²) in [7, 11) is -3.90. The van der Waals surface area contributed by atoms with Crippen LogP contribution in [0.2, 0.25) is 5.02 Å². The van der Waals surface area contributed by atoms with Crippen LogP contribution >= 0.6 is 11.6 Å². The average molecular weight is 437 g/mol. The van der Waals surface area contributed by atoms with Crippen LogP contribution in [0.5, 0.6) is 0 Å². The molecule has 4 rings (SSSR count). The fourth-order valence-corrected chi connectivity index (χ4v) is 6.12. The van der Waals surface area contributed by atoms with Gasteiger partial charge in [0.1, 0.15) is 12.2 Å². The van der Waals surface area contributed by atoms with Gasteiger partial charge >= 0.3 is 0 Å². The van der Waals surface area contributed by atoms with Gasteiger partial charge in [0.05, 0.1) is 5.75 Å². The van der Waals surface area contributed by atoms with Crippen molar-refractivity contribution in [1.29, 1.82) is 0 Å². The first-order chi connectivity index (χ1) is 13.8. The molecule has 1 amide bonds. The molecule has 8 heteroatoms. The molecule has 1 fully saturated rings. The summed E-state index contributed by atoms with van der Waals surface area (Å²) in [5.74, 6) is -0.686. The van der Waals surface area contributed by atoms with Crippen molar-refractivity contribution in [3.63, 3.8) is 0 Å². The van der Waals surface area contributed by atoms with Crippen LogP contribution in [0.25, 0.3) is 0 Å². The molecule has 0 aliphatic carbocycles. The van der Waals surface area contributed by atoms with Crippen LogP contribution in [0.3, 0.4) is 0 Å². The molecule has 1 saturated heterocycles. The van der Waals surface area contributed by atoms with Crippen molar-refractivity contribution in [1.82, 2.24) is 9.21 Å². The molecule has 0 bridgehead atoms. The maximum absolute atomic E-state index is 14.2. The maximum atomic E-state index is 14.2. The van der Waals surface area contributed by atoms with E-state index in [9.17, 15) is 17.6 Å². The van der Waals surface area contributed by atoms with Crippen molar-refractivity contribution in [2.24, 2.45) is 0 Å². The van der Waals surface area contributed by atoms with Crippen molar-refractivity contribution in [2.45, 2.75) is 37.4 Å². The van der Waals surface area contributed by atoms with E-state index in [0.29, 0.717) is 30.1 Å². The first kappa shape index (κ1) is 20.3. The van der Waals surface area contributed by atoms with Crippen molar-refractivity contribution >= 4 is 27.5 Å². The summed E-state index contributed by atoms with van der Waals surface area (Å²) in [5, 5.41) is 0.336. The predicted molar refractivity (Wildman–Crippen MR) is 110 cm³/mol. The van der Waals surface area contributed by atoms with Crippen LogP contribution in [0.15, 0.2) is 48.5 Å². The number of nitrogens with zero attached hydrogens (tertiary/aromatic N) is 2. The van der Waals surface area contributed by atoms with Gasteiger partial charge in [-0.1, -0.05) is 54.1 Å². The van der Waals surface area contributed by atoms with Crippen molar-refractivity contribution < 1.29 is 17.6 Å². The minimum atomic E-state index is -3.90. The standard InChI is InChI=1S/C21H22ClFN2O3S/c22-19-8-4-3-7-17(19)14-29(27,28)25-13-18(23)11-20(25)21(26)24-10-9-15-5-1-2-6-16(15)12-24/h1-8,18,20H,9-14H2. The molecule has 5 nitrogen and oxygen atoms in total. The van der Waals surface area contributed by atoms with E-state index in [1.165, 1.54) is 5.56 Å². The van der Waals surface area contributed by atoms with Gasteiger partial charge in [0, 0.05) is 31.1 Å². The van der Waals surface area contributed by atoms with Crippen molar-refractivity contribution in [3.05, 3.63) is 70.2 Å². The van der Waals surface area contributed by atoms with Gasteiger partial charge in [0.25, 0.3) is 0 Å². The zero-order valence-corrected chi connectivity index (χ0v) is 17.4. The smallest absolute Gasteiger partial charge is 0.241 e. The van der Waals surface area contributed by atoms with E-state index in [4.69, 9.17) is 11.6 Å². The zero-order chi connectivity index (χ0) is 20.6. The van der Waals surface area contributed by atoms with Gasteiger partial charge in [-0.3, -0.25) is 4.79 Å². The van der Waals surface area contributed by atoms with Gasteiger partial charge in [-0.25, -0.2) is 12.8 Å². The fourth-order valence-electron chi connectivity index (χ4n) is 4.08. The average Bonchev–Trinajstić information content (AvgIpc) is 3.11. The number of fused-ring (bicyclic) bond motifs is 1. The zero-order valence-electron chi connectivity index (χ0n) is 15.8. The highest BCUT2D eigenvalue weighted by Crippen LogP contribution is 2.30. The summed E-state index contributed by atoms with van der Waals surface area (Å²) in [4.78, 5) is 14.8. The summed E-state index contributed by atoms with van der Waals surface area (Å²) in [6, 6.07) is 13.5. The number of hydrogen-bond donors (Lipinski definition) is 0. The van der Waals surface area contributed by atoms with Crippen LogP contribution in [0, 0.1) is 0 Å². The van der Waals surface area contributed by atoms with Gasteiger partial charge in [0.15, 0.2) is 0 Å². The Hall–Kier alpha value is -1.96. The Morgan fingerprint density at radius 3 is 2.55 bits per heavy atom. The molecule has 2 aliphatic rings. The van der Waals surface area contributed by atoms with Crippen LogP contribution in [0.1, 0.15) is 23.1 Å². The third kappa shape index (κ3) is 4.17. The van der Waals surface area contributed by atoms with Crippen LogP contribution < -0.4 is 0 Å². The number of halogens is 2. The lowest BCUT2D eigenvalue weighted by atomic mass is 9.99. The third-order valence-electron chi connectivity index (χ3n) is 5.59. The molecule has 154 valence electrons. The molecule has 2 aromatic rings. The highest BCUT2D eigenvalue weighted by atomic mass is 35.5. The monoisotopic (exact) mass is 436 g/mol. The number of carbonyl (C=O) groups is 1. The normalized spacial score (nSPS) is 22.5. The van der Waals surface area contributed by atoms with Crippen LogP contribution in [0.4, 0.5) is 4.39 Å². The van der Waals surface area contributed by atoms with Gasteiger partial charge in [0.2, 0.25) is 15.9 Å². The number of rotatable bonds is 4. The van der Waals surface area contributed by atoms with Gasteiger partial charge in [-0.15, -0.1) is 0 Å². The minimum absolute atomic E-state index is 0.112. The van der Waals surface area contributed by atoms with E-state index in [0.717, 1.165) is 9.87 Å². The van der Waals surface area contributed by atoms with E-state index >= 15 is 0 Å². The van der Waals surface area contributed by atoms with E-state index in [2.05, 4.69) is 0 Å². The van der Waals surface area contributed by atoms with Gasteiger partial charge in [-0.05, 0) is 29.2 Å². The fraction of sp³-hybridized carbons (Fsp3) is 0.381. The Kier molecular flexibility index (Phi) is 5.64. The topological polar surface area (TPSA) is 57.7 Å². The number of carbonyl (C=O) groups excluding carboxylic acids is 1. The summed E-state index contributed by atoms with van der Waals surface area (Å²) in [5.41, 5.74) is 2.68. The SMILES string of the molecule is O=C(C1CC(F)CN1S(=O)(=O)Cc1ccccc1Cl)N1CCc2ccccc2C1. The van der Waals surface area contributed by atoms with E-state index in [-0.39, 0.29) is 24.6 Å². The van der Waals surface area contributed by atoms with Crippen LogP contribution in [-0.2, 0) is 33.5 Å². The molecule has 0 N–H and O–H groups in total. The Balaban J connectivity index is 1.55. The molecular formula is C21H22ClFN2O3S. The molecule has 2 aliphatic heterocycles. The molecule has 0 aromatic heterocycles. The summed E-state index contributed by atoms with van der Waals surface area (Å²) >= 11 is 6.10. The van der Waals surface area contributed by atoms with E-state index < -0.39 is 22.2 Å². The highest BCUT2D eigenvalue weighted by molar-refractivity contribution is 7.88. The number of hydrogen-bond acceptors (Lipinski definition) is 3. The number of benzene rings is 2. The lowest BCUT2D eigenvalue weighted by Crippen LogP contribution is -2.49. The van der Waals surface area contributed by atoms with Crippen LogP contribution in [-0.4, -0.2) is 48.8 Å². The molecule has 29 heavy (non-hydrogen) atoms. The van der Waals surface area contributed by atoms with E-state index in [1.807, 2.05) is 24.3 Å². The molecule has 0 spiro atoms. The van der Waals surface area contributed by atoms with E-state index in [1.54, 1.807) is 29.2 Å². The second kappa shape index (κ2) is 8.05. The largest absolute Gasteiger partial charge is 0.337 e. The lowest BCUT2D eigenvalue weighted by Gasteiger charge is -2.33. The number of alkyl halides is 1. The number of amides is 1. The second-order valence-electron chi connectivity index (χ2n) is 7.54. The minimum Gasteiger partial charge on any atom is -0.337 e. The van der Waals surface area contributed by atoms with Gasteiger partial charge in [-0.2, -0.15) is 4.31 Å². The summed E-state index contributed by atoms with van der Waals surface area (Å²) in [6.07, 6.45) is -0.763. The molecule has 0 saturated carbocycles. The molecule has 2 heterocycles. The Bertz CT molecular complexity index is 1030. The lowest BCUT2D eigenvalue weighted by molar-refractivity contribution is -0.135. The molecule has 2 aromatic carbocycles. The molecular weight excluding hydrogens is 415 g/mol. The molecule has 0 radical (unpaired) electrons. The molecule has 2 atom stereocenters. The van der Waals surface area contributed by atoms with Gasteiger partial charge < -0.3 is 4.90 Å². The Morgan fingerprint density at radius 2 is 1.79 bits per heavy atom. The summed E-state index contributed by atoms with van der Waals surface area (Å²) < 4.78 is 41.3. The van der Waals surface area contributed by atoms with Crippen molar-refractivity contribution in [3.8, 4) is 0 Å². The predicted octanol–water partition coefficient (Wildman–Crippen LogP) is 3.17. The Morgan fingerprint density at radius 1 is 1.10 bits per heavy atom. The highest BCUT2D eigenvalue weighted by Gasteiger charge is 2.45. The second-order valence-corrected chi connectivity index (χ2v) is 9.87. The third-order valence-corrected chi connectivity index (χ3v) is 7.75. The first-order valence-electron chi connectivity index (χ1n) is 9.58. The first-order valence-corrected chi connectivity index (χ1v) is 11.6. The molecule has 2 unspecified atom stereocenters. The van der Waals surface area contributed by atoms with Crippen molar-refractivity contribution in [2.75, 3.05) is 13.1 Å².